The Morgan fingerprint density at radius 2 is 2.04 bits per heavy atom. The highest BCUT2D eigenvalue weighted by atomic mass is 16.5. The van der Waals surface area contributed by atoms with Crippen LogP contribution in [0.2, 0.25) is 0 Å². The molecule has 3 rings (SSSR count). The molecular weight excluding hydrogens is 340 g/mol. The maximum atomic E-state index is 9.60. The lowest BCUT2D eigenvalue weighted by atomic mass is 10.1. The van der Waals surface area contributed by atoms with Crippen LogP contribution in [0.4, 0.5) is 5.82 Å². The van der Waals surface area contributed by atoms with E-state index in [4.69, 9.17) is 9.72 Å². The minimum atomic E-state index is 0.181. The van der Waals surface area contributed by atoms with Gasteiger partial charge in [-0.1, -0.05) is 18.2 Å². The van der Waals surface area contributed by atoms with E-state index in [2.05, 4.69) is 26.9 Å². The highest BCUT2D eigenvalue weighted by molar-refractivity contribution is 5.44. The number of aryl methyl sites for hydroxylation is 2. The van der Waals surface area contributed by atoms with Gasteiger partial charge in [-0.15, -0.1) is 0 Å². The van der Waals surface area contributed by atoms with E-state index in [1.54, 1.807) is 0 Å². The Labute approximate surface area is 161 Å². The highest BCUT2D eigenvalue weighted by Crippen LogP contribution is 2.25. The lowest BCUT2D eigenvalue weighted by Gasteiger charge is -2.42. The van der Waals surface area contributed by atoms with Crippen molar-refractivity contribution >= 4 is 5.82 Å². The molecule has 2 heterocycles. The minimum absolute atomic E-state index is 0.181. The molecule has 0 bridgehead atoms. The molecule has 1 N–H and O–H groups in total. The number of ether oxygens (including phenoxy) is 1. The van der Waals surface area contributed by atoms with Crippen LogP contribution in [-0.2, 0) is 6.54 Å². The molecule has 1 aliphatic heterocycles. The number of aliphatic hydroxyl groups excluding tert-OH is 1. The monoisotopic (exact) mass is 370 g/mol. The summed E-state index contributed by atoms with van der Waals surface area (Å²) < 4.78 is 5.79. The van der Waals surface area contributed by atoms with Crippen molar-refractivity contribution in [2.45, 2.75) is 39.8 Å². The quantitative estimate of drug-likeness (QED) is 0.808. The Bertz CT molecular complexity index is 753. The van der Waals surface area contributed by atoms with Crippen molar-refractivity contribution in [3.63, 3.8) is 0 Å². The number of para-hydroxylation sites is 1. The van der Waals surface area contributed by atoms with E-state index in [1.807, 2.05) is 39.1 Å². The first-order chi connectivity index (χ1) is 13.1. The fourth-order valence-electron chi connectivity index (χ4n) is 3.69. The number of aliphatic hydroxyl groups is 1. The molecule has 0 spiro atoms. The van der Waals surface area contributed by atoms with E-state index < -0.39 is 0 Å². The van der Waals surface area contributed by atoms with Crippen LogP contribution >= 0.6 is 0 Å². The summed E-state index contributed by atoms with van der Waals surface area (Å²) in [6, 6.07) is 8.49. The Morgan fingerprint density at radius 1 is 1.22 bits per heavy atom. The van der Waals surface area contributed by atoms with Crippen LogP contribution in [0, 0.1) is 13.8 Å². The SMILES string of the molecule is CCOc1ccccc1CN1CCN(c2nc(C)cnc2C)C[C@H]1CCO. The maximum absolute atomic E-state index is 9.60. The summed E-state index contributed by atoms with van der Waals surface area (Å²) in [5, 5.41) is 9.60. The third-order valence-corrected chi connectivity index (χ3v) is 5.06. The second-order valence-corrected chi connectivity index (χ2v) is 7.04. The van der Waals surface area contributed by atoms with Gasteiger partial charge in [-0.2, -0.15) is 0 Å². The molecule has 0 aliphatic carbocycles. The highest BCUT2D eigenvalue weighted by Gasteiger charge is 2.29. The van der Waals surface area contributed by atoms with Gasteiger partial charge < -0.3 is 14.7 Å². The molecule has 1 aliphatic rings. The fraction of sp³-hybridized carbons (Fsp3) is 0.524. The summed E-state index contributed by atoms with van der Waals surface area (Å²) in [7, 11) is 0. The van der Waals surface area contributed by atoms with Gasteiger partial charge in [0, 0.05) is 50.6 Å². The smallest absolute Gasteiger partial charge is 0.150 e. The summed E-state index contributed by atoms with van der Waals surface area (Å²) in [6.07, 6.45) is 2.55. The van der Waals surface area contributed by atoms with Gasteiger partial charge in [0.25, 0.3) is 0 Å². The zero-order chi connectivity index (χ0) is 19.2. The molecule has 2 aromatic rings. The van der Waals surface area contributed by atoms with E-state index in [-0.39, 0.29) is 12.6 Å². The number of aromatic nitrogens is 2. The van der Waals surface area contributed by atoms with E-state index in [0.29, 0.717) is 6.61 Å². The third kappa shape index (κ3) is 4.76. The first-order valence-corrected chi connectivity index (χ1v) is 9.73. The van der Waals surface area contributed by atoms with Crippen molar-refractivity contribution < 1.29 is 9.84 Å². The van der Waals surface area contributed by atoms with Crippen LogP contribution < -0.4 is 9.64 Å². The molecule has 1 saturated heterocycles. The number of nitrogens with zero attached hydrogens (tertiary/aromatic N) is 4. The third-order valence-electron chi connectivity index (χ3n) is 5.06. The van der Waals surface area contributed by atoms with Gasteiger partial charge in [0.2, 0.25) is 0 Å². The molecule has 1 aromatic heterocycles. The van der Waals surface area contributed by atoms with Crippen molar-refractivity contribution in [2.75, 3.05) is 37.7 Å². The number of anilines is 1. The number of rotatable bonds is 7. The summed E-state index contributed by atoms with van der Waals surface area (Å²) >= 11 is 0. The molecule has 0 amide bonds. The van der Waals surface area contributed by atoms with E-state index in [1.165, 1.54) is 5.56 Å². The topological polar surface area (TPSA) is 61.7 Å². The predicted octanol–water partition coefficient (Wildman–Crippen LogP) is 2.57. The average Bonchev–Trinajstić information content (AvgIpc) is 2.67. The van der Waals surface area contributed by atoms with Gasteiger partial charge in [0.1, 0.15) is 11.6 Å². The molecule has 6 heteroatoms. The predicted molar refractivity (Wildman–Crippen MR) is 107 cm³/mol. The van der Waals surface area contributed by atoms with Crippen LogP contribution in [0.5, 0.6) is 5.75 Å². The first kappa shape index (κ1) is 19.6. The molecule has 1 aromatic carbocycles. The minimum Gasteiger partial charge on any atom is -0.494 e. The summed E-state index contributed by atoms with van der Waals surface area (Å²) in [5.74, 6) is 1.91. The van der Waals surface area contributed by atoms with Crippen LogP contribution in [0.15, 0.2) is 30.5 Å². The van der Waals surface area contributed by atoms with Gasteiger partial charge in [-0.25, -0.2) is 4.98 Å². The van der Waals surface area contributed by atoms with Gasteiger partial charge >= 0.3 is 0 Å². The summed E-state index contributed by atoms with van der Waals surface area (Å²) in [5.41, 5.74) is 3.09. The normalized spacial score (nSPS) is 17.9. The van der Waals surface area contributed by atoms with Gasteiger partial charge in [-0.05, 0) is 33.3 Å². The zero-order valence-corrected chi connectivity index (χ0v) is 16.6. The van der Waals surface area contributed by atoms with E-state index >= 15 is 0 Å². The van der Waals surface area contributed by atoms with Crippen LogP contribution in [0.1, 0.15) is 30.3 Å². The van der Waals surface area contributed by atoms with Gasteiger partial charge in [0.05, 0.1) is 18.0 Å². The van der Waals surface area contributed by atoms with Crippen molar-refractivity contribution in [1.82, 2.24) is 14.9 Å². The Balaban J connectivity index is 1.76. The second-order valence-electron chi connectivity index (χ2n) is 7.04. The van der Waals surface area contributed by atoms with Crippen LogP contribution in [0.3, 0.4) is 0 Å². The Hall–Kier alpha value is -2.18. The Morgan fingerprint density at radius 3 is 2.81 bits per heavy atom. The number of benzene rings is 1. The van der Waals surface area contributed by atoms with Crippen molar-refractivity contribution in [3.05, 3.63) is 47.4 Å². The maximum Gasteiger partial charge on any atom is 0.150 e. The Kier molecular flexibility index (Phi) is 6.63. The molecule has 146 valence electrons. The lowest BCUT2D eigenvalue weighted by molar-refractivity contribution is 0.133. The molecule has 0 saturated carbocycles. The van der Waals surface area contributed by atoms with Crippen LogP contribution in [-0.4, -0.2) is 58.9 Å². The van der Waals surface area contributed by atoms with E-state index in [9.17, 15) is 5.11 Å². The molecule has 6 nitrogen and oxygen atoms in total. The summed E-state index contributed by atoms with van der Waals surface area (Å²) in [4.78, 5) is 13.9. The van der Waals surface area contributed by atoms with Crippen molar-refractivity contribution in [3.8, 4) is 5.75 Å². The molecule has 0 unspecified atom stereocenters. The largest absolute Gasteiger partial charge is 0.494 e. The zero-order valence-electron chi connectivity index (χ0n) is 16.6. The van der Waals surface area contributed by atoms with E-state index in [0.717, 1.165) is 55.6 Å². The molecule has 1 atom stereocenters. The second kappa shape index (κ2) is 9.15. The van der Waals surface area contributed by atoms with Gasteiger partial charge in [0.15, 0.2) is 0 Å². The number of piperazine rings is 1. The van der Waals surface area contributed by atoms with Crippen LogP contribution in [0.25, 0.3) is 0 Å². The number of hydrogen-bond acceptors (Lipinski definition) is 6. The van der Waals surface area contributed by atoms with Gasteiger partial charge in [-0.3, -0.25) is 9.88 Å². The van der Waals surface area contributed by atoms with Crippen molar-refractivity contribution in [2.24, 2.45) is 0 Å². The molecule has 27 heavy (non-hydrogen) atoms. The summed E-state index contributed by atoms with van der Waals surface area (Å²) in [6.45, 7) is 10.3. The van der Waals surface area contributed by atoms with Crippen molar-refractivity contribution in [1.29, 1.82) is 0 Å². The first-order valence-electron chi connectivity index (χ1n) is 9.73. The fourth-order valence-corrected chi connectivity index (χ4v) is 3.69. The lowest BCUT2D eigenvalue weighted by Crippen LogP contribution is -2.53. The number of hydrogen-bond donors (Lipinski definition) is 1. The molecule has 0 radical (unpaired) electrons. The standard InChI is InChI=1S/C21H30N4O2/c1-4-27-20-8-6-5-7-18(20)14-24-10-11-25(15-19(24)9-12-26)21-17(3)22-13-16(2)23-21/h5-8,13,19,26H,4,9-12,14-15H2,1-3H3/t19-/m1/s1. The molecular formula is C21H30N4O2. The molecule has 1 fully saturated rings. The average molecular weight is 370 g/mol.